The van der Waals surface area contributed by atoms with E-state index in [1.54, 1.807) is 30.3 Å². The molecule has 2 aromatic carbocycles. The predicted octanol–water partition coefficient (Wildman–Crippen LogP) is 4.37. The molecule has 2 rings (SSSR count). The first-order chi connectivity index (χ1) is 15.3. The maximum Gasteiger partial charge on any atom is 0.349 e. The van der Waals surface area contributed by atoms with Gasteiger partial charge in [0, 0.05) is 18.7 Å². The molecule has 1 amide bonds. The van der Waals surface area contributed by atoms with Gasteiger partial charge in [-0.25, -0.2) is 4.79 Å². The SMILES string of the molecule is COCCNC(=O)/C(C#N)=C/c1ccc(OC(=O)COc2cc(C)c(Cl)c(C)c2Br)cc1. The average Bonchev–Trinajstić information content (AvgIpc) is 2.78. The standard InChI is InChI=1S/C23H22BrClN2O5/c1-14-10-19(21(24)15(2)22(14)25)31-13-20(28)32-18-6-4-16(5-7-18)11-17(12-26)23(29)27-8-9-30-3/h4-7,10-11H,8-9,13H2,1-3H3,(H,27,29)/b17-11+. The van der Waals surface area contributed by atoms with E-state index in [0.29, 0.717) is 39.7 Å². The number of hydrogen-bond acceptors (Lipinski definition) is 6. The zero-order chi connectivity index (χ0) is 23.7. The van der Waals surface area contributed by atoms with Gasteiger partial charge in [0.05, 0.1) is 11.1 Å². The van der Waals surface area contributed by atoms with Crippen molar-refractivity contribution in [1.82, 2.24) is 5.32 Å². The second-order valence-corrected chi connectivity index (χ2v) is 7.87. The summed E-state index contributed by atoms with van der Waals surface area (Å²) in [5.74, 6) is -0.271. The minimum Gasteiger partial charge on any atom is -0.481 e. The number of carbonyl (C=O) groups excluding carboxylic acids is 2. The molecule has 0 spiro atoms. The van der Waals surface area contributed by atoms with Gasteiger partial charge in [0.1, 0.15) is 23.1 Å². The second kappa shape index (κ2) is 12.2. The summed E-state index contributed by atoms with van der Waals surface area (Å²) in [5, 5.41) is 12.4. The van der Waals surface area contributed by atoms with Crippen LogP contribution >= 0.6 is 27.5 Å². The number of amides is 1. The zero-order valence-corrected chi connectivity index (χ0v) is 20.2. The van der Waals surface area contributed by atoms with Crippen molar-refractivity contribution in [2.45, 2.75) is 13.8 Å². The number of hydrogen-bond donors (Lipinski definition) is 1. The Morgan fingerprint density at radius 1 is 1.25 bits per heavy atom. The number of ether oxygens (including phenoxy) is 3. The van der Waals surface area contributed by atoms with E-state index in [9.17, 15) is 14.9 Å². The number of carbonyl (C=O) groups is 2. The van der Waals surface area contributed by atoms with E-state index in [0.717, 1.165) is 11.1 Å². The number of nitrogens with zero attached hydrogens (tertiary/aromatic N) is 1. The summed E-state index contributed by atoms with van der Waals surface area (Å²) in [6, 6.07) is 10.00. The molecule has 0 fully saturated rings. The van der Waals surface area contributed by atoms with E-state index in [2.05, 4.69) is 21.2 Å². The molecule has 0 saturated carbocycles. The van der Waals surface area contributed by atoms with Crippen LogP contribution in [0.2, 0.25) is 5.02 Å². The molecule has 7 nitrogen and oxygen atoms in total. The molecular formula is C23H22BrClN2O5. The molecule has 0 aliphatic carbocycles. The van der Waals surface area contributed by atoms with Crippen molar-refractivity contribution in [3.8, 4) is 17.6 Å². The molecule has 0 aliphatic heterocycles. The van der Waals surface area contributed by atoms with Gasteiger partial charge in [0.15, 0.2) is 6.61 Å². The van der Waals surface area contributed by atoms with Gasteiger partial charge < -0.3 is 19.5 Å². The smallest absolute Gasteiger partial charge is 0.349 e. The van der Waals surface area contributed by atoms with Crippen LogP contribution in [0.5, 0.6) is 11.5 Å². The summed E-state index contributed by atoms with van der Waals surface area (Å²) in [7, 11) is 1.52. The van der Waals surface area contributed by atoms with Crippen LogP contribution in [0, 0.1) is 25.2 Å². The van der Waals surface area contributed by atoms with Crippen LogP contribution < -0.4 is 14.8 Å². The highest BCUT2D eigenvalue weighted by atomic mass is 79.9. The number of nitrogens with one attached hydrogen (secondary N) is 1. The fourth-order valence-electron chi connectivity index (χ4n) is 2.61. The van der Waals surface area contributed by atoms with Crippen LogP contribution in [0.4, 0.5) is 0 Å². The average molecular weight is 522 g/mol. The summed E-state index contributed by atoms with van der Waals surface area (Å²) in [4.78, 5) is 24.1. The lowest BCUT2D eigenvalue weighted by Gasteiger charge is -2.13. The van der Waals surface area contributed by atoms with E-state index < -0.39 is 11.9 Å². The Morgan fingerprint density at radius 2 is 1.94 bits per heavy atom. The van der Waals surface area contributed by atoms with Gasteiger partial charge in [0.25, 0.3) is 5.91 Å². The summed E-state index contributed by atoms with van der Waals surface area (Å²) < 4.78 is 16.4. The van der Waals surface area contributed by atoms with E-state index in [1.165, 1.54) is 13.2 Å². The van der Waals surface area contributed by atoms with Crippen molar-refractivity contribution < 1.29 is 23.8 Å². The molecule has 168 valence electrons. The molecule has 0 radical (unpaired) electrons. The first kappa shape index (κ1) is 25.4. The number of aryl methyl sites for hydroxylation is 1. The highest BCUT2D eigenvalue weighted by Gasteiger charge is 2.14. The Hall–Kier alpha value is -2.86. The first-order valence-corrected chi connectivity index (χ1v) is 10.7. The van der Waals surface area contributed by atoms with Crippen molar-refractivity contribution in [2.75, 3.05) is 26.9 Å². The topological polar surface area (TPSA) is 97.6 Å². The fraction of sp³-hybridized carbons (Fsp3) is 0.261. The van der Waals surface area contributed by atoms with Crippen molar-refractivity contribution in [3.63, 3.8) is 0 Å². The van der Waals surface area contributed by atoms with Crippen LogP contribution in [0.3, 0.4) is 0 Å². The summed E-state index contributed by atoms with van der Waals surface area (Å²) in [5.41, 5.74) is 2.22. The quantitative estimate of drug-likeness (QED) is 0.173. The van der Waals surface area contributed by atoms with Crippen molar-refractivity contribution in [1.29, 1.82) is 5.26 Å². The third-order valence-electron chi connectivity index (χ3n) is 4.29. The van der Waals surface area contributed by atoms with Gasteiger partial charge in [-0.2, -0.15) is 5.26 Å². The number of methoxy groups -OCH3 is 1. The van der Waals surface area contributed by atoms with Crippen molar-refractivity contribution in [2.24, 2.45) is 0 Å². The minimum atomic E-state index is -0.583. The number of esters is 1. The Bertz CT molecular complexity index is 1060. The largest absolute Gasteiger partial charge is 0.481 e. The van der Waals surface area contributed by atoms with Crippen LogP contribution in [-0.4, -0.2) is 38.7 Å². The predicted molar refractivity (Wildman–Crippen MR) is 125 cm³/mol. The van der Waals surface area contributed by atoms with Gasteiger partial charge >= 0.3 is 5.97 Å². The summed E-state index contributed by atoms with van der Waals surface area (Å²) in [6.45, 7) is 4.06. The lowest BCUT2D eigenvalue weighted by Crippen LogP contribution is -2.27. The van der Waals surface area contributed by atoms with Crippen LogP contribution in [0.15, 0.2) is 40.4 Å². The van der Waals surface area contributed by atoms with E-state index in [1.807, 2.05) is 19.9 Å². The minimum absolute atomic E-state index is 0.0432. The highest BCUT2D eigenvalue weighted by molar-refractivity contribution is 9.10. The van der Waals surface area contributed by atoms with Gasteiger partial charge in [-0.1, -0.05) is 23.7 Å². The summed E-state index contributed by atoms with van der Waals surface area (Å²) in [6.07, 6.45) is 1.44. The lowest BCUT2D eigenvalue weighted by molar-refractivity contribution is -0.136. The number of halogens is 2. The molecule has 2 aromatic rings. The van der Waals surface area contributed by atoms with E-state index in [-0.39, 0.29) is 12.2 Å². The molecule has 0 aromatic heterocycles. The Morgan fingerprint density at radius 3 is 2.56 bits per heavy atom. The molecule has 0 saturated heterocycles. The lowest BCUT2D eigenvalue weighted by atomic mass is 10.1. The molecule has 0 atom stereocenters. The molecule has 0 aliphatic rings. The molecule has 9 heteroatoms. The van der Waals surface area contributed by atoms with Crippen LogP contribution in [0.25, 0.3) is 6.08 Å². The Kier molecular flexibility index (Phi) is 9.72. The highest BCUT2D eigenvalue weighted by Crippen LogP contribution is 2.35. The van der Waals surface area contributed by atoms with Crippen LogP contribution in [-0.2, 0) is 14.3 Å². The molecule has 0 unspecified atom stereocenters. The maximum absolute atomic E-state index is 12.2. The molecule has 0 bridgehead atoms. The zero-order valence-electron chi connectivity index (χ0n) is 17.8. The monoisotopic (exact) mass is 520 g/mol. The van der Waals surface area contributed by atoms with Gasteiger partial charge in [-0.15, -0.1) is 0 Å². The fourth-order valence-corrected chi connectivity index (χ4v) is 3.30. The van der Waals surface area contributed by atoms with E-state index >= 15 is 0 Å². The number of benzene rings is 2. The van der Waals surface area contributed by atoms with E-state index in [4.69, 9.17) is 25.8 Å². The first-order valence-electron chi connectivity index (χ1n) is 9.54. The Balaban J connectivity index is 1.97. The van der Waals surface area contributed by atoms with Crippen molar-refractivity contribution >= 4 is 45.5 Å². The molecule has 0 heterocycles. The Labute approximate surface area is 200 Å². The number of rotatable bonds is 9. The molecule has 32 heavy (non-hydrogen) atoms. The van der Waals surface area contributed by atoms with Crippen LogP contribution in [0.1, 0.15) is 16.7 Å². The summed E-state index contributed by atoms with van der Waals surface area (Å²) >= 11 is 9.62. The van der Waals surface area contributed by atoms with Crippen molar-refractivity contribution in [3.05, 3.63) is 62.1 Å². The third-order valence-corrected chi connectivity index (χ3v) is 5.86. The maximum atomic E-state index is 12.2. The van der Waals surface area contributed by atoms with Gasteiger partial charge in [0.2, 0.25) is 0 Å². The normalized spacial score (nSPS) is 10.9. The van der Waals surface area contributed by atoms with Gasteiger partial charge in [-0.05, 0) is 70.7 Å². The second-order valence-electron chi connectivity index (χ2n) is 6.69. The number of nitriles is 1. The molecular weight excluding hydrogens is 500 g/mol. The molecule has 1 N–H and O–H groups in total. The van der Waals surface area contributed by atoms with Gasteiger partial charge in [-0.3, -0.25) is 4.79 Å². The third kappa shape index (κ3) is 7.09.